The lowest BCUT2D eigenvalue weighted by Crippen LogP contribution is -2.66. The highest BCUT2D eigenvalue weighted by Gasteiger charge is 2.53. The van der Waals surface area contributed by atoms with Crippen molar-refractivity contribution in [3.63, 3.8) is 0 Å². The monoisotopic (exact) mass is 371 g/mol. The Morgan fingerprint density at radius 1 is 1.08 bits per heavy atom. The van der Waals surface area contributed by atoms with Crippen molar-refractivity contribution in [2.45, 2.75) is 58.3 Å². The molecule has 1 fully saturated rings. The summed E-state index contributed by atoms with van der Waals surface area (Å²) in [7, 11) is 0. The van der Waals surface area contributed by atoms with Crippen molar-refractivity contribution in [2.75, 3.05) is 6.61 Å². The Hall–Kier alpha value is -2.30. The van der Waals surface area contributed by atoms with Crippen LogP contribution in [0.3, 0.4) is 0 Å². The number of amides is 2. The molecule has 2 N–H and O–H groups in total. The predicted molar refractivity (Wildman–Crippen MR) is 83.1 cm³/mol. The maximum absolute atomic E-state index is 12.3. The van der Waals surface area contributed by atoms with Crippen LogP contribution in [0.4, 0.5) is 0 Å². The number of hydrogen-bond acceptors (Lipinski definition) is 9. The molecule has 5 atom stereocenters. The van der Waals surface area contributed by atoms with E-state index in [1.807, 2.05) is 0 Å². The van der Waals surface area contributed by atoms with Gasteiger partial charge in [0, 0.05) is 25.0 Å². The molecule has 0 aromatic rings. The molecule has 0 aromatic carbocycles. The van der Waals surface area contributed by atoms with E-state index >= 15 is 0 Å². The van der Waals surface area contributed by atoms with E-state index in [2.05, 4.69) is 0 Å². The second kappa shape index (κ2) is 7.52. The molecule has 1 saturated heterocycles. The first-order valence-corrected chi connectivity index (χ1v) is 7.93. The highest BCUT2D eigenvalue weighted by Crippen LogP contribution is 2.31. The molecule has 10 heteroatoms. The Morgan fingerprint density at radius 2 is 1.62 bits per heavy atom. The van der Waals surface area contributed by atoms with E-state index in [0.717, 1.165) is 13.8 Å². The average molecular weight is 371 g/mol. The highest BCUT2D eigenvalue weighted by molar-refractivity contribution is 6.19. The van der Waals surface area contributed by atoms with Crippen molar-refractivity contribution in [1.29, 1.82) is 0 Å². The first-order valence-electron chi connectivity index (χ1n) is 7.93. The maximum Gasteiger partial charge on any atom is 0.303 e. The quantitative estimate of drug-likeness (QED) is 0.452. The molecule has 0 aromatic heterocycles. The third-order valence-electron chi connectivity index (χ3n) is 4.35. The number of carbonyl (C=O) groups is 4. The van der Waals surface area contributed by atoms with Crippen molar-refractivity contribution in [2.24, 2.45) is 0 Å². The number of carbonyl (C=O) groups excluding carboxylic acids is 4. The zero-order valence-electron chi connectivity index (χ0n) is 14.8. The molecule has 26 heavy (non-hydrogen) atoms. The third kappa shape index (κ3) is 3.62. The Kier molecular flexibility index (Phi) is 5.79. The molecule has 2 aliphatic heterocycles. The van der Waals surface area contributed by atoms with E-state index in [1.165, 1.54) is 13.8 Å². The average Bonchev–Trinajstić information content (AvgIpc) is 2.73. The topological polar surface area (TPSA) is 140 Å². The summed E-state index contributed by atoms with van der Waals surface area (Å²) >= 11 is 0. The predicted octanol–water partition coefficient (Wildman–Crippen LogP) is -1.37. The molecule has 0 saturated carbocycles. The lowest BCUT2D eigenvalue weighted by atomic mass is 9.95. The van der Waals surface area contributed by atoms with Gasteiger partial charge in [-0.25, -0.2) is 0 Å². The summed E-state index contributed by atoms with van der Waals surface area (Å²) < 4.78 is 15.1. The van der Waals surface area contributed by atoms with Gasteiger partial charge in [0.15, 0.2) is 12.4 Å². The van der Waals surface area contributed by atoms with Crippen LogP contribution in [0.5, 0.6) is 0 Å². The molecule has 2 aliphatic rings. The van der Waals surface area contributed by atoms with Crippen molar-refractivity contribution in [1.82, 2.24) is 4.90 Å². The van der Waals surface area contributed by atoms with Crippen molar-refractivity contribution in [3.05, 3.63) is 11.1 Å². The number of ether oxygens (including phenoxy) is 3. The van der Waals surface area contributed by atoms with Gasteiger partial charge in [0.05, 0.1) is 0 Å². The molecule has 144 valence electrons. The minimum atomic E-state index is -1.76. The van der Waals surface area contributed by atoms with Gasteiger partial charge in [-0.05, 0) is 13.8 Å². The lowest BCUT2D eigenvalue weighted by Gasteiger charge is -2.44. The Balaban J connectivity index is 2.30. The van der Waals surface area contributed by atoms with Crippen LogP contribution in [0.1, 0.15) is 27.7 Å². The van der Waals surface area contributed by atoms with E-state index in [1.54, 1.807) is 0 Å². The van der Waals surface area contributed by atoms with E-state index in [9.17, 15) is 29.4 Å². The van der Waals surface area contributed by atoms with E-state index in [4.69, 9.17) is 14.2 Å². The van der Waals surface area contributed by atoms with E-state index in [0.29, 0.717) is 4.90 Å². The first-order chi connectivity index (χ1) is 12.1. The molecule has 2 rings (SSSR count). The standard InChI is InChI=1S/C16H21NO9/c1-6-7(2)15(22)17(14(6)21)11-12(20)13(25-9(4)19)10(26-16(11)23)5-24-8(3)18/h10-13,16,20,23H,5H2,1-4H3. The van der Waals surface area contributed by atoms with Crippen molar-refractivity contribution in [3.8, 4) is 0 Å². The molecule has 2 amide bonds. The summed E-state index contributed by atoms with van der Waals surface area (Å²) in [4.78, 5) is 47.7. The fraction of sp³-hybridized carbons (Fsp3) is 0.625. The van der Waals surface area contributed by atoms with Gasteiger partial charge in [0.2, 0.25) is 0 Å². The van der Waals surface area contributed by atoms with Gasteiger partial charge in [-0.15, -0.1) is 0 Å². The summed E-state index contributed by atoms with van der Waals surface area (Å²) in [5.74, 6) is -2.76. The summed E-state index contributed by atoms with van der Waals surface area (Å²) in [5.41, 5.74) is 0.362. The number of esters is 2. The van der Waals surface area contributed by atoms with Gasteiger partial charge in [-0.2, -0.15) is 0 Å². The summed E-state index contributed by atoms with van der Waals surface area (Å²) in [5, 5.41) is 20.9. The van der Waals surface area contributed by atoms with Gasteiger partial charge >= 0.3 is 11.9 Å². The van der Waals surface area contributed by atoms with Crippen LogP contribution in [0.25, 0.3) is 0 Å². The van der Waals surface area contributed by atoms with E-state index in [-0.39, 0.29) is 11.1 Å². The fourth-order valence-corrected chi connectivity index (χ4v) is 2.92. The van der Waals surface area contributed by atoms with Crippen LogP contribution < -0.4 is 0 Å². The van der Waals surface area contributed by atoms with Gasteiger partial charge in [-0.1, -0.05) is 0 Å². The van der Waals surface area contributed by atoms with Crippen LogP contribution in [0, 0.1) is 0 Å². The van der Waals surface area contributed by atoms with Crippen LogP contribution in [-0.2, 0) is 33.4 Å². The Bertz CT molecular complexity index is 647. The SMILES string of the molecule is CC(=O)OCC1OC(O)C(N2C(=O)C(C)=C(C)C2=O)C(O)C1OC(C)=O. The molecule has 0 bridgehead atoms. The number of rotatable bonds is 4. The minimum absolute atomic E-state index is 0.181. The normalized spacial score (nSPS) is 32.1. The van der Waals surface area contributed by atoms with Crippen LogP contribution in [-0.4, -0.2) is 76.1 Å². The van der Waals surface area contributed by atoms with Crippen LogP contribution in [0.15, 0.2) is 11.1 Å². The zero-order valence-corrected chi connectivity index (χ0v) is 14.8. The minimum Gasteiger partial charge on any atom is -0.463 e. The molecular weight excluding hydrogens is 350 g/mol. The molecule has 0 spiro atoms. The summed E-state index contributed by atoms with van der Waals surface area (Å²) in [6, 6.07) is -1.49. The van der Waals surface area contributed by atoms with Gasteiger partial charge in [0.25, 0.3) is 11.8 Å². The summed E-state index contributed by atoms with van der Waals surface area (Å²) in [6.07, 6.45) is -5.94. The molecule has 0 aliphatic carbocycles. The first kappa shape index (κ1) is 20.0. The second-order valence-electron chi connectivity index (χ2n) is 6.15. The van der Waals surface area contributed by atoms with Crippen LogP contribution >= 0.6 is 0 Å². The third-order valence-corrected chi connectivity index (χ3v) is 4.35. The fourth-order valence-electron chi connectivity index (χ4n) is 2.92. The van der Waals surface area contributed by atoms with Gasteiger partial charge in [0.1, 0.15) is 24.9 Å². The number of aliphatic hydroxyl groups is 2. The molecule has 0 radical (unpaired) electrons. The highest BCUT2D eigenvalue weighted by atomic mass is 16.7. The lowest BCUT2D eigenvalue weighted by molar-refractivity contribution is -0.272. The number of imide groups is 1. The molecule has 5 unspecified atom stereocenters. The Morgan fingerprint density at radius 3 is 2.08 bits per heavy atom. The van der Waals surface area contributed by atoms with Crippen molar-refractivity contribution < 1.29 is 43.6 Å². The van der Waals surface area contributed by atoms with Crippen LogP contribution in [0.2, 0.25) is 0 Å². The Labute approximate surface area is 149 Å². The number of hydrogen-bond donors (Lipinski definition) is 2. The van der Waals surface area contributed by atoms with E-state index < -0.39 is 61.0 Å². The number of nitrogens with zero attached hydrogens (tertiary/aromatic N) is 1. The van der Waals surface area contributed by atoms with Gasteiger partial charge < -0.3 is 24.4 Å². The smallest absolute Gasteiger partial charge is 0.303 e. The molecular formula is C16H21NO9. The zero-order chi connectivity index (χ0) is 19.8. The molecule has 10 nitrogen and oxygen atoms in total. The maximum atomic E-state index is 12.3. The van der Waals surface area contributed by atoms with Gasteiger partial charge in [-0.3, -0.25) is 24.1 Å². The largest absolute Gasteiger partial charge is 0.463 e. The second-order valence-corrected chi connectivity index (χ2v) is 6.15. The summed E-state index contributed by atoms with van der Waals surface area (Å²) in [6.45, 7) is 4.75. The number of aliphatic hydroxyl groups excluding tert-OH is 2. The van der Waals surface area contributed by atoms with Crippen molar-refractivity contribution >= 4 is 23.8 Å². The molecule has 2 heterocycles.